The molecular weight excluding hydrogens is 473 g/mol. The van der Waals surface area contributed by atoms with Gasteiger partial charge in [-0.1, -0.05) is 28.9 Å². The highest BCUT2D eigenvalue weighted by Crippen LogP contribution is 2.37. The number of likely N-dealkylation sites (N-methyl/N-ethyl adjacent to an activating group) is 1. The maximum atomic E-state index is 13.2. The van der Waals surface area contributed by atoms with Gasteiger partial charge in [0.25, 0.3) is 0 Å². The van der Waals surface area contributed by atoms with Crippen molar-refractivity contribution < 1.29 is 4.39 Å². The molecule has 0 aliphatic rings. The molecule has 0 aliphatic carbocycles. The van der Waals surface area contributed by atoms with Crippen molar-refractivity contribution in [3.8, 4) is 0 Å². The zero-order valence-electron chi connectivity index (χ0n) is 10.7. The van der Waals surface area contributed by atoms with Crippen LogP contribution < -0.4 is 5.32 Å². The van der Waals surface area contributed by atoms with Crippen LogP contribution in [0.15, 0.2) is 37.0 Å². The minimum atomic E-state index is -0.220. The van der Waals surface area contributed by atoms with Gasteiger partial charge in [-0.2, -0.15) is 0 Å². The van der Waals surface area contributed by atoms with Crippen LogP contribution in [0.2, 0.25) is 0 Å². The van der Waals surface area contributed by atoms with E-state index < -0.39 is 0 Å². The molecule has 1 unspecified atom stereocenters. The minimum absolute atomic E-state index is 0.217. The molecule has 0 radical (unpaired) electrons. The monoisotopic (exact) mass is 483 g/mol. The second-order valence-electron chi connectivity index (χ2n) is 4.32. The van der Waals surface area contributed by atoms with Gasteiger partial charge in [0.2, 0.25) is 0 Å². The first-order chi connectivity index (χ1) is 9.51. The molecule has 2 aromatic rings. The molecule has 0 saturated carbocycles. The number of rotatable bonds is 5. The number of thiophene rings is 1. The summed E-state index contributed by atoms with van der Waals surface area (Å²) in [7, 11) is 0. The van der Waals surface area contributed by atoms with Crippen LogP contribution in [0.5, 0.6) is 0 Å². The summed E-state index contributed by atoms with van der Waals surface area (Å²) in [5.41, 5.74) is 1.10. The molecule has 1 nitrogen and oxygen atoms in total. The highest BCUT2D eigenvalue weighted by molar-refractivity contribution is 9.13. The largest absolute Gasteiger partial charge is 0.309 e. The number of hydrogen-bond donors (Lipinski definition) is 1. The summed E-state index contributed by atoms with van der Waals surface area (Å²) in [4.78, 5) is 1.25. The Balaban J connectivity index is 2.25. The Hall–Kier alpha value is 0.250. The third-order valence-electron chi connectivity index (χ3n) is 2.90. The van der Waals surface area contributed by atoms with Crippen molar-refractivity contribution in [3.05, 3.63) is 53.3 Å². The van der Waals surface area contributed by atoms with Crippen molar-refractivity contribution >= 4 is 59.1 Å². The Kier molecular flexibility index (Phi) is 6.23. The van der Waals surface area contributed by atoms with Gasteiger partial charge in [-0.25, -0.2) is 4.39 Å². The first-order valence-corrected chi connectivity index (χ1v) is 9.32. The lowest BCUT2D eigenvalue weighted by Gasteiger charge is -2.17. The van der Waals surface area contributed by atoms with Gasteiger partial charge in [-0.05, 0) is 68.6 Å². The summed E-state index contributed by atoms with van der Waals surface area (Å²) >= 11 is 12.2. The third-order valence-corrected chi connectivity index (χ3v) is 7.01. The lowest BCUT2D eigenvalue weighted by Crippen LogP contribution is -2.22. The smallest absolute Gasteiger partial charge is 0.124 e. The Morgan fingerprint density at radius 3 is 2.50 bits per heavy atom. The van der Waals surface area contributed by atoms with Crippen molar-refractivity contribution in [3.63, 3.8) is 0 Å². The Bertz CT molecular complexity index is 581. The van der Waals surface area contributed by atoms with Gasteiger partial charge < -0.3 is 5.32 Å². The standard InChI is InChI=1S/C14H13Br3FNS/c1-2-19-12(13-7-11(16)14(17)20-13)5-8-3-4-9(18)6-10(8)15/h3-4,6-7,12,19H,2,5H2,1H3. The van der Waals surface area contributed by atoms with Crippen molar-refractivity contribution in [2.75, 3.05) is 6.54 Å². The molecule has 2 rings (SSSR count). The molecule has 1 aromatic carbocycles. The molecule has 1 N–H and O–H groups in total. The van der Waals surface area contributed by atoms with Crippen LogP contribution in [0.25, 0.3) is 0 Å². The molecule has 0 saturated heterocycles. The third kappa shape index (κ3) is 4.13. The van der Waals surface area contributed by atoms with Crippen molar-refractivity contribution in [1.29, 1.82) is 0 Å². The highest BCUT2D eigenvalue weighted by atomic mass is 79.9. The molecule has 0 bridgehead atoms. The lowest BCUT2D eigenvalue weighted by molar-refractivity contribution is 0.555. The maximum Gasteiger partial charge on any atom is 0.124 e. The molecule has 0 aliphatic heterocycles. The Labute approximate surface area is 147 Å². The molecule has 0 spiro atoms. The van der Waals surface area contributed by atoms with E-state index >= 15 is 0 Å². The molecule has 1 atom stereocenters. The summed E-state index contributed by atoms with van der Waals surface area (Å²) in [5, 5.41) is 3.48. The molecule has 0 amide bonds. The van der Waals surface area contributed by atoms with E-state index in [1.165, 1.54) is 17.0 Å². The average Bonchev–Trinajstić information content (AvgIpc) is 2.72. The highest BCUT2D eigenvalue weighted by Gasteiger charge is 2.17. The van der Waals surface area contributed by atoms with E-state index in [0.717, 1.165) is 31.3 Å². The molecule has 0 fully saturated rings. The normalized spacial score (nSPS) is 12.7. The molecular formula is C14H13Br3FNS. The zero-order chi connectivity index (χ0) is 14.7. The summed E-state index contributed by atoms with van der Waals surface area (Å²) < 4.78 is 16.1. The zero-order valence-corrected chi connectivity index (χ0v) is 16.3. The fourth-order valence-corrected chi connectivity index (χ4v) is 4.64. The van der Waals surface area contributed by atoms with E-state index in [1.807, 2.05) is 6.07 Å². The number of benzene rings is 1. The van der Waals surface area contributed by atoms with E-state index in [0.29, 0.717) is 0 Å². The van der Waals surface area contributed by atoms with Gasteiger partial charge >= 0.3 is 0 Å². The molecule has 20 heavy (non-hydrogen) atoms. The predicted octanol–water partition coefficient (Wildman–Crippen LogP) is 6.07. The number of halogens is 4. The van der Waals surface area contributed by atoms with Crippen LogP contribution in [0, 0.1) is 5.82 Å². The minimum Gasteiger partial charge on any atom is -0.309 e. The van der Waals surface area contributed by atoms with E-state index in [4.69, 9.17) is 0 Å². The van der Waals surface area contributed by atoms with Crippen LogP contribution in [0.3, 0.4) is 0 Å². The fraction of sp³-hybridized carbons (Fsp3) is 0.286. The summed E-state index contributed by atoms with van der Waals surface area (Å²) in [6, 6.07) is 7.19. The van der Waals surface area contributed by atoms with E-state index in [1.54, 1.807) is 11.3 Å². The second kappa shape index (κ2) is 7.49. The lowest BCUT2D eigenvalue weighted by atomic mass is 10.0. The second-order valence-corrected chi connectivity index (χ2v) is 8.43. The summed E-state index contributed by atoms with van der Waals surface area (Å²) in [6.07, 6.45) is 0.814. The van der Waals surface area contributed by atoms with E-state index in [-0.39, 0.29) is 11.9 Å². The Morgan fingerprint density at radius 1 is 1.20 bits per heavy atom. The molecule has 108 valence electrons. The Morgan fingerprint density at radius 2 is 1.95 bits per heavy atom. The summed E-state index contributed by atoms with van der Waals surface area (Å²) in [5.74, 6) is -0.220. The van der Waals surface area contributed by atoms with Gasteiger partial charge in [0, 0.05) is 19.9 Å². The number of nitrogens with one attached hydrogen (secondary N) is 1. The quantitative estimate of drug-likeness (QED) is 0.542. The van der Waals surface area contributed by atoms with Gasteiger partial charge in [-0.15, -0.1) is 11.3 Å². The topological polar surface area (TPSA) is 12.0 Å². The van der Waals surface area contributed by atoms with Gasteiger partial charge in [0.15, 0.2) is 0 Å². The summed E-state index contributed by atoms with van der Waals surface area (Å²) in [6.45, 7) is 2.97. The van der Waals surface area contributed by atoms with E-state index in [9.17, 15) is 4.39 Å². The maximum absolute atomic E-state index is 13.2. The predicted molar refractivity (Wildman–Crippen MR) is 93.9 cm³/mol. The SMILES string of the molecule is CCNC(Cc1ccc(F)cc1Br)c1cc(Br)c(Br)s1. The van der Waals surface area contributed by atoms with E-state index in [2.05, 4.69) is 66.1 Å². The molecule has 1 aromatic heterocycles. The van der Waals surface area contributed by atoms with Crippen LogP contribution in [-0.2, 0) is 6.42 Å². The number of hydrogen-bond acceptors (Lipinski definition) is 2. The van der Waals surface area contributed by atoms with Crippen LogP contribution in [-0.4, -0.2) is 6.54 Å². The van der Waals surface area contributed by atoms with Crippen molar-refractivity contribution in [1.82, 2.24) is 5.32 Å². The van der Waals surface area contributed by atoms with Gasteiger partial charge in [-0.3, -0.25) is 0 Å². The van der Waals surface area contributed by atoms with Crippen LogP contribution in [0.1, 0.15) is 23.4 Å². The molecule has 6 heteroatoms. The fourth-order valence-electron chi connectivity index (χ4n) is 1.96. The van der Waals surface area contributed by atoms with Crippen LogP contribution >= 0.6 is 59.1 Å². The average molecular weight is 486 g/mol. The first kappa shape index (κ1) is 16.6. The van der Waals surface area contributed by atoms with Crippen molar-refractivity contribution in [2.24, 2.45) is 0 Å². The van der Waals surface area contributed by atoms with Crippen molar-refractivity contribution in [2.45, 2.75) is 19.4 Å². The van der Waals surface area contributed by atoms with Crippen LogP contribution in [0.4, 0.5) is 4.39 Å². The van der Waals surface area contributed by atoms with Gasteiger partial charge in [0.1, 0.15) is 5.82 Å². The molecule has 1 heterocycles. The van der Waals surface area contributed by atoms with Gasteiger partial charge in [0.05, 0.1) is 3.79 Å². The first-order valence-electron chi connectivity index (χ1n) is 6.13.